The first kappa shape index (κ1) is 12.3. The summed E-state index contributed by atoms with van der Waals surface area (Å²) in [6.07, 6.45) is 2.62. The van der Waals surface area contributed by atoms with E-state index in [0.717, 1.165) is 18.7 Å². The van der Waals surface area contributed by atoms with Gasteiger partial charge >= 0.3 is 0 Å². The number of phenols is 1. The van der Waals surface area contributed by atoms with Gasteiger partial charge in [0.25, 0.3) is 0 Å². The molecule has 1 aliphatic rings. The lowest BCUT2D eigenvalue weighted by molar-refractivity contribution is 0.335. The molecule has 0 aliphatic carbocycles. The highest BCUT2D eigenvalue weighted by atomic mass is 19.1. The van der Waals surface area contributed by atoms with Crippen LogP contribution in [0.1, 0.15) is 18.4 Å². The van der Waals surface area contributed by atoms with Crippen molar-refractivity contribution in [3.63, 3.8) is 0 Å². The summed E-state index contributed by atoms with van der Waals surface area (Å²) in [6, 6.07) is 4.51. The van der Waals surface area contributed by atoms with Gasteiger partial charge in [-0.2, -0.15) is 0 Å². The lowest BCUT2D eigenvalue weighted by atomic mass is 10.2. The van der Waals surface area contributed by atoms with E-state index in [0.29, 0.717) is 6.54 Å². The summed E-state index contributed by atoms with van der Waals surface area (Å²) in [7, 11) is 0. The van der Waals surface area contributed by atoms with Crippen molar-refractivity contribution < 1.29 is 9.50 Å². The fraction of sp³-hybridized carbons (Fsp3) is 0.538. The molecule has 4 heteroatoms. The van der Waals surface area contributed by atoms with E-state index in [9.17, 15) is 4.39 Å². The summed E-state index contributed by atoms with van der Waals surface area (Å²) >= 11 is 0. The van der Waals surface area contributed by atoms with Gasteiger partial charge < -0.3 is 15.3 Å². The van der Waals surface area contributed by atoms with Crippen LogP contribution in [0.2, 0.25) is 0 Å². The Kier molecular flexibility index (Phi) is 4.34. The number of nitrogens with zero attached hydrogens (tertiary/aromatic N) is 1. The molecule has 1 aliphatic heterocycles. The highest BCUT2D eigenvalue weighted by molar-refractivity contribution is 5.27. The van der Waals surface area contributed by atoms with E-state index in [2.05, 4.69) is 10.2 Å². The van der Waals surface area contributed by atoms with E-state index in [4.69, 9.17) is 5.11 Å². The molecule has 1 heterocycles. The monoisotopic (exact) mass is 238 g/mol. The van der Waals surface area contributed by atoms with Crippen molar-refractivity contribution >= 4 is 0 Å². The fourth-order valence-electron chi connectivity index (χ4n) is 2.14. The molecule has 1 saturated heterocycles. The minimum atomic E-state index is -0.552. The number of likely N-dealkylation sites (tertiary alicyclic amines) is 1. The molecule has 0 unspecified atom stereocenters. The SMILES string of the molecule is Oc1ccc(CNCCN2CCCC2)cc1F. The average Bonchev–Trinajstić information content (AvgIpc) is 2.82. The van der Waals surface area contributed by atoms with E-state index < -0.39 is 5.82 Å². The van der Waals surface area contributed by atoms with Crippen LogP contribution in [0.15, 0.2) is 18.2 Å². The van der Waals surface area contributed by atoms with Gasteiger partial charge in [-0.05, 0) is 43.6 Å². The van der Waals surface area contributed by atoms with Crippen LogP contribution in [0.3, 0.4) is 0 Å². The average molecular weight is 238 g/mol. The number of hydrogen-bond acceptors (Lipinski definition) is 3. The molecule has 0 radical (unpaired) electrons. The molecule has 0 amide bonds. The summed E-state index contributed by atoms with van der Waals surface area (Å²) in [4.78, 5) is 2.43. The normalized spacial score (nSPS) is 16.5. The van der Waals surface area contributed by atoms with Crippen molar-refractivity contribution in [1.29, 1.82) is 0 Å². The molecule has 0 aromatic heterocycles. The lowest BCUT2D eigenvalue weighted by Gasteiger charge is -2.14. The summed E-state index contributed by atoms with van der Waals surface area (Å²) in [5.74, 6) is -0.838. The highest BCUT2D eigenvalue weighted by Gasteiger charge is 2.10. The molecular formula is C13H19FN2O. The predicted molar refractivity (Wildman–Crippen MR) is 65.4 cm³/mol. The fourth-order valence-corrected chi connectivity index (χ4v) is 2.14. The summed E-state index contributed by atoms with van der Waals surface area (Å²) in [5, 5.41) is 12.3. The first-order valence-corrected chi connectivity index (χ1v) is 6.16. The van der Waals surface area contributed by atoms with Crippen LogP contribution >= 0.6 is 0 Å². The van der Waals surface area contributed by atoms with Crippen LogP contribution in [0.25, 0.3) is 0 Å². The van der Waals surface area contributed by atoms with Crippen molar-refractivity contribution in [3.8, 4) is 5.75 Å². The molecular weight excluding hydrogens is 219 g/mol. The number of phenolic OH excluding ortho intramolecular Hbond substituents is 1. The largest absolute Gasteiger partial charge is 0.505 e. The quantitative estimate of drug-likeness (QED) is 0.767. The maximum absolute atomic E-state index is 13.0. The molecule has 0 spiro atoms. The molecule has 3 nitrogen and oxygen atoms in total. The molecule has 1 aromatic rings. The summed E-state index contributed by atoms with van der Waals surface area (Å²) in [6.45, 7) is 5.03. The molecule has 1 aromatic carbocycles. The van der Waals surface area contributed by atoms with E-state index in [1.807, 2.05) is 0 Å². The van der Waals surface area contributed by atoms with Crippen LogP contribution < -0.4 is 5.32 Å². The molecule has 1 fully saturated rings. The Hall–Kier alpha value is -1.13. The van der Waals surface area contributed by atoms with Gasteiger partial charge in [-0.1, -0.05) is 6.07 Å². The number of nitrogens with one attached hydrogen (secondary N) is 1. The second-order valence-electron chi connectivity index (χ2n) is 4.51. The third kappa shape index (κ3) is 3.68. The predicted octanol–water partition coefficient (Wildman–Crippen LogP) is 1.72. The molecule has 0 bridgehead atoms. The smallest absolute Gasteiger partial charge is 0.165 e. The van der Waals surface area contributed by atoms with E-state index >= 15 is 0 Å². The maximum atomic E-state index is 13.0. The minimum Gasteiger partial charge on any atom is -0.505 e. The third-order valence-electron chi connectivity index (χ3n) is 3.14. The Morgan fingerprint density at radius 2 is 2.06 bits per heavy atom. The third-order valence-corrected chi connectivity index (χ3v) is 3.14. The van der Waals surface area contributed by atoms with Crippen molar-refractivity contribution in [2.45, 2.75) is 19.4 Å². The van der Waals surface area contributed by atoms with Crippen LogP contribution in [-0.2, 0) is 6.54 Å². The van der Waals surface area contributed by atoms with Crippen molar-refractivity contribution in [2.75, 3.05) is 26.2 Å². The van der Waals surface area contributed by atoms with Crippen LogP contribution in [0, 0.1) is 5.82 Å². The summed E-state index contributed by atoms with van der Waals surface area (Å²) in [5.41, 5.74) is 0.863. The number of aromatic hydroxyl groups is 1. The van der Waals surface area contributed by atoms with Gasteiger partial charge in [0.05, 0.1) is 0 Å². The lowest BCUT2D eigenvalue weighted by Crippen LogP contribution is -2.29. The van der Waals surface area contributed by atoms with Gasteiger partial charge in [0, 0.05) is 19.6 Å². The summed E-state index contributed by atoms with van der Waals surface area (Å²) < 4.78 is 13.0. The zero-order valence-corrected chi connectivity index (χ0v) is 9.95. The first-order valence-electron chi connectivity index (χ1n) is 6.16. The number of rotatable bonds is 5. The van der Waals surface area contributed by atoms with Gasteiger partial charge in [-0.25, -0.2) is 4.39 Å². The van der Waals surface area contributed by atoms with Gasteiger partial charge in [-0.15, -0.1) is 0 Å². The Bertz CT molecular complexity index is 364. The molecule has 2 rings (SSSR count). The zero-order valence-electron chi connectivity index (χ0n) is 9.95. The number of hydrogen-bond donors (Lipinski definition) is 2. The van der Waals surface area contributed by atoms with E-state index in [-0.39, 0.29) is 5.75 Å². The molecule has 0 atom stereocenters. The second kappa shape index (κ2) is 5.98. The van der Waals surface area contributed by atoms with E-state index in [1.54, 1.807) is 6.07 Å². The maximum Gasteiger partial charge on any atom is 0.165 e. The zero-order chi connectivity index (χ0) is 12.1. The van der Waals surface area contributed by atoms with Crippen molar-refractivity contribution in [2.24, 2.45) is 0 Å². The standard InChI is InChI=1S/C13H19FN2O/c14-12-9-11(3-4-13(12)17)10-15-5-8-16-6-1-2-7-16/h3-4,9,15,17H,1-2,5-8,10H2. The van der Waals surface area contributed by atoms with Gasteiger partial charge in [-0.3, -0.25) is 0 Å². The van der Waals surface area contributed by atoms with Crippen LogP contribution in [-0.4, -0.2) is 36.2 Å². The van der Waals surface area contributed by atoms with Gasteiger partial charge in [0.1, 0.15) is 0 Å². The molecule has 17 heavy (non-hydrogen) atoms. The first-order chi connectivity index (χ1) is 8.25. The minimum absolute atomic E-state index is 0.286. The second-order valence-corrected chi connectivity index (χ2v) is 4.51. The Balaban J connectivity index is 1.68. The Morgan fingerprint density at radius 1 is 1.29 bits per heavy atom. The van der Waals surface area contributed by atoms with Gasteiger partial charge in [0.15, 0.2) is 11.6 Å². The Morgan fingerprint density at radius 3 is 2.76 bits per heavy atom. The van der Waals surface area contributed by atoms with Crippen LogP contribution in [0.4, 0.5) is 4.39 Å². The number of benzene rings is 1. The molecule has 2 N–H and O–H groups in total. The number of halogens is 1. The highest BCUT2D eigenvalue weighted by Crippen LogP contribution is 2.15. The van der Waals surface area contributed by atoms with E-state index in [1.165, 1.54) is 38.1 Å². The molecule has 0 saturated carbocycles. The van der Waals surface area contributed by atoms with Crippen molar-refractivity contribution in [1.82, 2.24) is 10.2 Å². The molecule has 94 valence electrons. The van der Waals surface area contributed by atoms with Crippen LogP contribution in [0.5, 0.6) is 5.75 Å². The topological polar surface area (TPSA) is 35.5 Å². The van der Waals surface area contributed by atoms with Gasteiger partial charge in [0.2, 0.25) is 0 Å². The van der Waals surface area contributed by atoms with Crippen molar-refractivity contribution in [3.05, 3.63) is 29.6 Å². The Labute approximate surface area is 101 Å².